The summed E-state index contributed by atoms with van der Waals surface area (Å²) >= 11 is 0. The number of hydrogen-bond donors (Lipinski definition) is 1. The van der Waals surface area contributed by atoms with Crippen molar-refractivity contribution in [1.82, 2.24) is 9.88 Å². The zero-order chi connectivity index (χ0) is 17.0. The van der Waals surface area contributed by atoms with Crippen molar-refractivity contribution < 1.29 is 24.2 Å². The molecule has 0 bridgehead atoms. The number of piperidine rings is 1. The molecular formula is C16H22N2O5. The van der Waals surface area contributed by atoms with Crippen LogP contribution >= 0.6 is 0 Å². The molecule has 126 valence electrons. The lowest BCUT2D eigenvalue weighted by Crippen LogP contribution is -2.41. The molecule has 7 heteroatoms. The Labute approximate surface area is 135 Å². The first kappa shape index (κ1) is 17.1. The second-order valence-corrected chi connectivity index (χ2v) is 6.51. The van der Waals surface area contributed by atoms with Crippen LogP contribution in [0.3, 0.4) is 0 Å². The average molecular weight is 322 g/mol. The van der Waals surface area contributed by atoms with Crippen molar-refractivity contribution in [3.8, 4) is 5.88 Å². The monoisotopic (exact) mass is 322 g/mol. The number of likely N-dealkylation sites (tertiary alicyclic amines) is 1. The first-order chi connectivity index (χ1) is 10.7. The third-order valence-corrected chi connectivity index (χ3v) is 3.50. The Balaban J connectivity index is 1.94. The minimum atomic E-state index is -1.38. The number of carbonyl (C=O) groups is 2. The maximum Gasteiger partial charge on any atom is 0.512 e. The summed E-state index contributed by atoms with van der Waals surface area (Å²) in [6, 6.07) is 5.08. The summed E-state index contributed by atoms with van der Waals surface area (Å²) in [7, 11) is 0. The Morgan fingerprint density at radius 3 is 2.48 bits per heavy atom. The molecule has 1 aliphatic rings. The summed E-state index contributed by atoms with van der Waals surface area (Å²) in [5.74, 6) is 0.246. The van der Waals surface area contributed by atoms with E-state index in [0.29, 0.717) is 13.1 Å². The molecule has 0 saturated carbocycles. The maximum absolute atomic E-state index is 12.0. The van der Waals surface area contributed by atoms with Crippen LogP contribution < -0.4 is 4.74 Å². The number of rotatable bonds is 2. The lowest BCUT2D eigenvalue weighted by Gasteiger charge is -2.33. The third kappa shape index (κ3) is 5.12. The second kappa shape index (κ2) is 6.85. The predicted molar refractivity (Wildman–Crippen MR) is 82.7 cm³/mol. The molecular weight excluding hydrogens is 300 g/mol. The largest absolute Gasteiger partial charge is 0.512 e. The molecule has 0 spiro atoms. The SMILES string of the molecule is CC(C)(C)OC(=O)N1CCC(c2cccc(OC(=O)O)n2)CC1. The number of carbonyl (C=O) groups excluding carboxylic acids is 1. The van der Waals surface area contributed by atoms with Crippen LogP contribution in [0, 0.1) is 0 Å². The number of nitrogens with zero attached hydrogens (tertiary/aromatic N) is 2. The smallest absolute Gasteiger partial charge is 0.449 e. The molecule has 1 saturated heterocycles. The minimum Gasteiger partial charge on any atom is -0.449 e. The van der Waals surface area contributed by atoms with Crippen molar-refractivity contribution in [2.24, 2.45) is 0 Å². The van der Waals surface area contributed by atoms with Crippen molar-refractivity contribution in [1.29, 1.82) is 0 Å². The topological polar surface area (TPSA) is 89.0 Å². The van der Waals surface area contributed by atoms with E-state index in [1.54, 1.807) is 11.0 Å². The molecule has 1 N–H and O–H groups in total. The summed E-state index contributed by atoms with van der Waals surface area (Å²) in [4.78, 5) is 28.5. The predicted octanol–water partition coefficient (Wildman–Crippen LogP) is 3.25. The van der Waals surface area contributed by atoms with Crippen molar-refractivity contribution in [3.63, 3.8) is 0 Å². The van der Waals surface area contributed by atoms with Gasteiger partial charge in [0.25, 0.3) is 0 Å². The fraction of sp³-hybridized carbons (Fsp3) is 0.562. The number of amides is 1. The molecule has 0 atom stereocenters. The van der Waals surface area contributed by atoms with Gasteiger partial charge in [0.05, 0.1) is 0 Å². The summed E-state index contributed by atoms with van der Waals surface area (Å²) in [5.41, 5.74) is 0.283. The second-order valence-electron chi connectivity index (χ2n) is 6.51. The number of ether oxygens (including phenoxy) is 2. The van der Waals surface area contributed by atoms with E-state index >= 15 is 0 Å². The van der Waals surface area contributed by atoms with Gasteiger partial charge in [0.15, 0.2) is 0 Å². The quantitative estimate of drug-likeness (QED) is 0.841. The Morgan fingerprint density at radius 2 is 1.91 bits per heavy atom. The molecule has 1 amide bonds. The van der Waals surface area contributed by atoms with Gasteiger partial charge in [-0.1, -0.05) is 6.07 Å². The lowest BCUT2D eigenvalue weighted by molar-refractivity contribution is 0.0203. The van der Waals surface area contributed by atoms with E-state index in [4.69, 9.17) is 9.84 Å². The van der Waals surface area contributed by atoms with E-state index in [9.17, 15) is 9.59 Å². The van der Waals surface area contributed by atoms with Gasteiger partial charge in [0, 0.05) is 30.8 Å². The molecule has 0 unspecified atom stereocenters. The third-order valence-electron chi connectivity index (χ3n) is 3.50. The summed E-state index contributed by atoms with van der Waals surface area (Å²) in [6.07, 6.45) is -0.174. The van der Waals surface area contributed by atoms with E-state index in [1.165, 1.54) is 6.07 Å². The van der Waals surface area contributed by atoms with Gasteiger partial charge in [-0.3, -0.25) is 0 Å². The molecule has 1 aliphatic heterocycles. The van der Waals surface area contributed by atoms with Gasteiger partial charge < -0.3 is 19.5 Å². The van der Waals surface area contributed by atoms with E-state index in [-0.39, 0.29) is 17.9 Å². The Hall–Kier alpha value is -2.31. The zero-order valence-electron chi connectivity index (χ0n) is 13.6. The molecule has 1 fully saturated rings. The standard InChI is InChI=1S/C16H22N2O5/c1-16(2,3)23-14(19)18-9-7-11(8-10-18)12-5-4-6-13(17-12)22-15(20)21/h4-6,11H,7-10H2,1-3H3,(H,20,21). The highest BCUT2D eigenvalue weighted by Crippen LogP contribution is 2.28. The van der Waals surface area contributed by atoms with Crippen LogP contribution in [0.15, 0.2) is 18.2 Å². The van der Waals surface area contributed by atoms with Crippen LogP contribution in [0.25, 0.3) is 0 Å². The van der Waals surface area contributed by atoms with Crippen molar-refractivity contribution >= 4 is 12.2 Å². The Kier molecular flexibility index (Phi) is 5.08. The maximum atomic E-state index is 12.0. The Bertz CT molecular complexity index is 574. The zero-order valence-corrected chi connectivity index (χ0v) is 13.6. The first-order valence-electron chi connectivity index (χ1n) is 7.60. The fourth-order valence-electron chi connectivity index (χ4n) is 2.49. The highest BCUT2D eigenvalue weighted by molar-refractivity contribution is 5.68. The van der Waals surface area contributed by atoms with Gasteiger partial charge in [-0.2, -0.15) is 0 Å². The van der Waals surface area contributed by atoms with Crippen molar-refractivity contribution in [2.45, 2.75) is 45.1 Å². The minimum absolute atomic E-state index is 0.0737. The van der Waals surface area contributed by atoms with Crippen LogP contribution in [0.2, 0.25) is 0 Å². The number of pyridine rings is 1. The molecule has 23 heavy (non-hydrogen) atoms. The summed E-state index contributed by atoms with van der Waals surface area (Å²) in [6.45, 7) is 6.71. The number of aromatic nitrogens is 1. The van der Waals surface area contributed by atoms with E-state index in [0.717, 1.165) is 18.5 Å². The molecule has 7 nitrogen and oxygen atoms in total. The average Bonchev–Trinajstić information content (AvgIpc) is 2.45. The Morgan fingerprint density at radius 1 is 1.26 bits per heavy atom. The van der Waals surface area contributed by atoms with Crippen LogP contribution in [0.5, 0.6) is 5.88 Å². The van der Waals surface area contributed by atoms with E-state index in [1.807, 2.05) is 26.8 Å². The molecule has 0 radical (unpaired) electrons. The van der Waals surface area contributed by atoms with Gasteiger partial charge >= 0.3 is 12.2 Å². The summed E-state index contributed by atoms with van der Waals surface area (Å²) < 4.78 is 9.95. The van der Waals surface area contributed by atoms with Crippen molar-refractivity contribution in [3.05, 3.63) is 23.9 Å². The molecule has 1 aromatic heterocycles. The van der Waals surface area contributed by atoms with Gasteiger partial charge in [-0.15, -0.1) is 0 Å². The molecule has 2 heterocycles. The van der Waals surface area contributed by atoms with E-state index in [2.05, 4.69) is 9.72 Å². The lowest BCUT2D eigenvalue weighted by atomic mass is 9.93. The van der Waals surface area contributed by atoms with Crippen molar-refractivity contribution in [2.75, 3.05) is 13.1 Å². The van der Waals surface area contributed by atoms with Gasteiger partial charge in [-0.25, -0.2) is 14.6 Å². The van der Waals surface area contributed by atoms with Gasteiger partial charge in [-0.05, 0) is 39.7 Å². The normalized spacial score (nSPS) is 16.0. The highest BCUT2D eigenvalue weighted by atomic mass is 16.7. The van der Waals surface area contributed by atoms with Crippen LogP contribution in [-0.2, 0) is 4.74 Å². The van der Waals surface area contributed by atoms with Gasteiger partial charge in [0.1, 0.15) is 5.60 Å². The molecule has 2 rings (SSSR count). The molecule has 1 aromatic rings. The summed E-state index contributed by atoms with van der Waals surface area (Å²) in [5, 5.41) is 8.64. The highest BCUT2D eigenvalue weighted by Gasteiger charge is 2.28. The van der Waals surface area contributed by atoms with Crippen LogP contribution in [0.4, 0.5) is 9.59 Å². The van der Waals surface area contributed by atoms with E-state index < -0.39 is 11.8 Å². The van der Waals surface area contributed by atoms with Crippen LogP contribution in [-0.4, -0.2) is 45.9 Å². The number of hydrogen-bond acceptors (Lipinski definition) is 5. The molecule has 0 aromatic carbocycles. The number of carboxylic acid groups (broad SMARTS) is 1. The molecule has 0 aliphatic carbocycles. The fourth-order valence-corrected chi connectivity index (χ4v) is 2.49. The first-order valence-corrected chi connectivity index (χ1v) is 7.60. The van der Waals surface area contributed by atoms with Crippen LogP contribution in [0.1, 0.15) is 45.2 Å². The van der Waals surface area contributed by atoms with Gasteiger partial charge in [0.2, 0.25) is 5.88 Å².